The van der Waals surface area contributed by atoms with Crippen molar-refractivity contribution in [2.45, 2.75) is 6.18 Å². The van der Waals surface area contributed by atoms with Crippen LogP contribution >= 0.6 is 15.9 Å². The van der Waals surface area contributed by atoms with Crippen LogP contribution in [0.3, 0.4) is 0 Å². The van der Waals surface area contributed by atoms with E-state index in [1.54, 1.807) is 12.1 Å². The second-order valence-electron chi connectivity index (χ2n) is 5.37. The van der Waals surface area contributed by atoms with E-state index < -0.39 is 22.4 Å². The smallest absolute Gasteiger partial charge is 0.334 e. The average Bonchev–Trinajstić information content (AvgIpc) is 2.63. The highest BCUT2D eigenvalue weighted by molar-refractivity contribution is 9.10. The van der Waals surface area contributed by atoms with Gasteiger partial charge in [0.05, 0.1) is 10.5 Å². The molecule has 3 rings (SSSR count). The van der Waals surface area contributed by atoms with Gasteiger partial charge in [-0.3, -0.25) is 10.1 Å². The minimum atomic E-state index is -4.55. The summed E-state index contributed by atoms with van der Waals surface area (Å²) in [5.41, 5.74) is -1.44. The molecule has 8 nitrogen and oxygen atoms in total. The largest absolute Gasteiger partial charge is 0.416 e. The summed E-state index contributed by atoms with van der Waals surface area (Å²) in [6.45, 7) is 0. The Kier molecular flexibility index (Phi) is 5.40. The fourth-order valence-corrected chi connectivity index (χ4v) is 2.45. The molecule has 2 heterocycles. The molecular formula is C16H10BrF3N6O2. The topological polar surface area (TPSA) is 106 Å². The van der Waals surface area contributed by atoms with Gasteiger partial charge < -0.3 is 10.6 Å². The maximum Gasteiger partial charge on any atom is 0.416 e. The van der Waals surface area contributed by atoms with Gasteiger partial charge in [0.15, 0.2) is 0 Å². The van der Waals surface area contributed by atoms with E-state index in [1.807, 2.05) is 0 Å². The highest BCUT2D eigenvalue weighted by Gasteiger charge is 2.31. The Hall–Kier alpha value is -3.28. The van der Waals surface area contributed by atoms with Crippen LogP contribution in [0, 0.1) is 10.1 Å². The number of rotatable bonds is 5. The summed E-state index contributed by atoms with van der Waals surface area (Å²) in [4.78, 5) is 22.5. The molecule has 2 N–H and O–H groups in total. The Bertz CT molecular complexity index is 1010. The Balaban J connectivity index is 1.96. The van der Waals surface area contributed by atoms with Gasteiger partial charge >= 0.3 is 11.9 Å². The van der Waals surface area contributed by atoms with Crippen LogP contribution in [-0.2, 0) is 6.18 Å². The summed E-state index contributed by atoms with van der Waals surface area (Å²) in [6, 6.07) is 7.48. The van der Waals surface area contributed by atoms with Crippen LogP contribution < -0.4 is 10.6 Å². The van der Waals surface area contributed by atoms with Crippen molar-refractivity contribution in [2.75, 3.05) is 10.6 Å². The van der Waals surface area contributed by atoms with Crippen molar-refractivity contribution in [1.29, 1.82) is 0 Å². The molecule has 0 amide bonds. The number of nitrogens with one attached hydrogen (secondary N) is 2. The molecule has 0 saturated heterocycles. The number of pyridine rings is 1. The molecule has 28 heavy (non-hydrogen) atoms. The third-order valence-corrected chi connectivity index (χ3v) is 3.90. The molecular weight excluding hydrogens is 445 g/mol. The van der Waals surface area contributed by atoms with E-state index in [0.29, 0.717) is 4.47 Å². The summed E-state index contributed by atoms with van der Waals surface area (Å²) >= 11 is 3.22. The van der Waals surface area contributed by atoms with Gasteiger partial charge in [-0.05, 0) is 46.3 Å². The highest BCUT2D eigenvalue weighted by atomic mass is 79.9. The van der Waals surface area contributed by atoms with Gasteiger partial charge in [-0.25, -0.2) is 15.0 Å². The van der Waals surface area contributed by atoms with Crippen LogP contribution in [0.2, 0.25) is 0 Å². The maximum atomic E-state index is 12.9. The lowest BCUT2D eigenvalue weighted by Gasteiger charge is -2.11. The standard InChI is InChI=1S/C16H10BrF3N6O2/c17-10-4-5-12(21-7-10)25-15-13(26(27)28)14(22-8-23-15)24-11-3-1-2-9(6-11)16(18,19)20/h1-8H,(H2,21,22,23,24,25). The van der Waals surface area contributed by atoms with E-state index in [1.165, 1.54) is 18.3 Å². The van der Waals surface area contributed by atoms with Crippen LogP contribution in [0.15, 0.2) is 53.4 Å². The predicted molar refractivity (Wildman–Crippen MR) is 98.6 cm³/mol. The molecule has 0 saturated carbocycles. The Morgan fingerprint density at radius 2 is 1.75 bits per heavy atom. The zero-order valence-electron chi connectivity index (χ0n) is 13.7. The van der Waals surface area contributed by atoms with Gasteiger partial charge in [-0.1, -0.05) is 6.07 Å². The summed E-state index contributed by atoms with van der Waals surface area (Å²) < 4.78 is 39.3. The normalized spacial score (nSPS) is 11.1. The Morgan fingerprint density at radius 3 is 2.36 bits per heavy atom. The minimum absolute atomic E-state index is 0.00987. The van der Waals surface area contributed by atoms with Crippen molar-refractivity contribution < 1.29 is 18.1 Å². The van der Waals surface area contributed by atoms with Crippen LogP contribution in [0.4, 0.5) is 42.0 Å². The van der Waals surface area contributed by atoms with Crippen LogP contribution in [-0.4, -0.2) is 19.9 Å². The van der Waals surface area contributed by atoms with Crippen molar-refractivity contribution in [3.05, 3.63) is 69.1 Å². The number of halogens is 4. The van der Waals surface area contributed by atoms with Gasteiger partial charge in [-0.15, -0.1) is 0 Å². The predicted octanol–water partition coefficient (Wildman–Crippen LogP) is 5.05. The average molecular weight is 455 g/mol. The van der Waals surface area contributed by atoms with Gasteiger partial charge in [-0.2, -0.15) is 13.2 Å². The zero-order chi connectivity index (χ0) is 20.3. The zero-order valence-corrected chi connectivity index (χ0v) is 15.3. The van der Waals surface area contributed by atoms with Gasteiger partial charge in [0.2, 0.25) is 11.6 Å². The molecule has 0 radical (unpaired) electrons. The van der Waals surface area contributed by atoms with Crippen molar-refractivity contribution in [1.82, 2.24) is 15.0 Å². The van der Waals surface area contributed by atoms with Crippen LogP contribution in [0.1, 0.15) is 5.56 Å². The number of hydrogen-bond acceptors (Lipinski definition) is 7. The molecule has 2 aromatic heterocycles. The second-order valence-corrected chi connectivity index (χ2v) is 6.28. The van der Waals surface area contributed by atoms with Crippen LogP contribution in [0.5, 0.6) is 0 Å². The first kappa shape index (κ1) is 19.5. The number of nitrogens with zero attached hydrogens (tertiary/aromatic N) is 4. The lowest BCUT2D eigenvalue weighted by atomic mass is 10.2. The van der Waals surface area contributed by atoms with Gasteiger partial charge in [0, 0.05) is 16.4 Å². The number of nitro groups is 1. The molecule has 0 aliphatic rings. The molecule has 0 unspecified atom stereocenters. The van der Waals surface area contributed by atoms with Crippen LogP contribution in [0.25, 0.3) is 0 Å². The third kappa shape index (κ3) is 4.52. The lowest BCUT2D eigenvalue weighted by Crippen LogP contribution is -2.07. The number of anilines is 4. The summed E-state index contributed by atoms with van der Waals surface area (Å²) in [5, 5.41) is 16.8. The van der Waals surface area contributed by atoms with Crippen molar-refractivity contribution in [3.63, 3.8) is 0 Å². The third-order valence-electron chi connectivity index (χ3n) is 3.43. The molecule has 0 spiro atoms. The Labute approximate surface area is 164 Å². The quantitative estimate of drug-likeness (QED) is 0.410. The highest BCUT2D eigenvalue weighted by Crippen LogP contribution is 2.35. The molecule has 12 heteroatoms. The monoisotopic (exact) mass is 454 g/mol. The number of benzene rings is 1. The molecule has 1 aromatic carbocycles. The van der Waals surface area contributed by atoms with E-state index in [4.69, 9.17) is 0 Å². The van der Waals surface area contributed by atoms with Crippen molar-refractivity contribution in [2.24, 2.45) is 0 Å². The maximum absolute atomic E-state index is 12.9. The van der Waals surface area contributed by atoms with E-state index >= 15 is 0 Å². The summed E-state index contributed by atoms with van der Waals surface area (Å²) in [5.74, 6) is -0.141. The lowest BCUT2D eigenvalue weighted by molar-refractivity contribution is -0.383. The number of alkyl halides is 3. The fraction of sp³-hybridized carbons (Fsp3) is 0.0625. The van der Waals surface area contributed by atoms with E-state index in [0.717, 1.165) is 18.5 Å². The van der Waals surface area contributed by atoms with Crippen molar-refractivity contribution in [3.8, 4) is 0 Å². The SMILES string of the molecule is O=[N+]([O-])c1c(Nc2cccc(C(F)(F)F)c2)ncnc1Nc1ccc(Br)cn1. The van der Waals surface area contributed by atoms with Gasteiger partial charge in [0.25, 0.3) is 0 Å². The first-order chi connectivity index (χ1) is 13.2. The van der Waals surface area contributed by atoms with Gasteiger partial charge in [0.1, 0.15) is 12.1 Å². The van der Waals surface area contributed by atoms with E-state index in [2.05, 4.69) is 41.5 Å². The fourth-order valence-electron chi connectivity index (χ4n) is 2.22. The Morgan fingerprint density at radius 1 is 1.04 bits per heavy atom. The first-order valence-corrected chi connectivity index (χ1v) is 8.35. The molecule has 0 aliphatic carbocycles. The molecule has 0 fully saturated rings. The van der Waals surface area contributed by atoms with Crippen molar-refractivity contribution >= 4 is 44.8 Å². The van der Waals surface area contributed by atoms with E-state index in [9.17, 15) is 23.3 Å². The second kappa shape index (κ2) is 7.76. The molecule has 144 valence electrons. The summed E-state index contributed by atoms with van der Waals surface area (Å²) in [6.07, 6.45) is -2.02. The molecule has 0 aliphatic heterocycles. The minimum Gasteiger partial charge on any atom is -0.334 e. The summed E-state index contributed by atoms with van der Waals surface area (Å²) in [7, 11) is 0. The molecule has 0 atom stereocenters. The molecule has 3 aromatic rings. The first-order valence-electron chi connectivity index (χ1n) is 7.56. The van der Waals surface area contributed by atoms with E-state index in [-0.39, 0.29) is 23.1 Å². The number of aromatic nitrogens is 3. The molecule has 0 bridgehead atoms. The number of hydrogen-bond donors (Lipinski definition) is 2.